The van der Waals surface area contributed by atoms with Gasteiger partial charge in [0.1, 0.15) is 0 Å². The van der Waals surface area contributed by atoms with Crippen molar-refractivity contribution in [1.82, 2.24) is 9.97 Å². The van der Waals surface area contributed by atoms with Gasteiger partial charge in [-0.25, -0.2) is 9.97 Å². The molecule has 4 nitrogen and oxygen atoms in total. The van der Waals surface area contributed by atoms with E-state index in [0.29, 0.717) is 5.92 Å². The Bertz CT molecular complexity index is 366. The molecular weight excluding hydrogens is 212 g/mol. The van der Waals surface area contributed by atoms with Crippen LogP contribution in [0.25, 0.3) is 0 Å². The highest BCUT2D eigenvalue weighted by Gasteiger charge is 2.19. The Morgan fingerprint density at radius 3 is 3.12 bits per heavy atom. The van der Waals surface area contributed by atoms with E-state index in [1.54, 1.807) is 0 Å². The maximum Gasteiger partial charge on any atom is 0.225 e. The predicted octanol–water partition coefficient (Wildman–Crippen LogP) is 1.92. The van der Waals surface area contributed by atoms with E-state index in [9.17, 15) is 0 Å². The van der Waals surface area contributed by atoms with Gasteiger partial charge in [-0.05, 0) is 31.2 Å². The smallest absolute Gasteiger partial charge is 0.225 e. The van der Waals surface area contributed by atoms with Crippen LogP contribution < -0.4 is 10.6 Å². The molecule has 0 aliphatic carbocycles. The Labute approximate surface area is 103 Å². The van der Waals surface area contributed by atoms with Crippen molar-refractivity contribution in [3.63, 3.8) is 0 Å². The zero-order valence-corrected chi connectivity index (χ0v) is 10.8. The van der Waals surface area contributed by atoms with Crippen LogP contribution in [0.2, 0.25) is 0 Å². The van der Waals surface area contributed by atoms with E-state index < -0.39 is 0 Å². The standard InChI is InChI=1S/C13H22N4/c1-3-10(2)12-6-7-15-13(16-12)17-8-4-5-11(14)9-17/h6-7,10-11H,3-5,8-9,14H2,1-2H3. The maximum atomic E-state index is 5.99. The molecule has 2 N–H and O–H groups in total. The van der Waals surface area contributed by atoms with Crippen molar-refractivity contribution in [2.45, 2.75) is 45.1 Å². The van der Waals surface area contributed by atoms with Gasteiger partial charge < -0.3 is 10.6 Å². The molecule has 1 aromatic rings. The molecule has 1 saturated heterocycles. The van der Waals surface area contributed by atoms with Crippen molar-refractivity contribution in [3.05, 3.63) is 18.0 Å². The highest BCUT2D eigenvalue weighted by Crippen LogP contribution is 2.20. The summed E-state index contributed by atoms with van der Waals surface area (Å²) in [6.07, 6.45) is 5.22. The second kappa shape index (κ2) is 5.45. The lowest BCUT2D eigenvalue weighted by molar-refractivity contribution is 0.498. The van der Waals surface area contributed by atoms with Crippen molar-refractivity contribution >= 4 is 5.95 Å². The molecule has 17 heavy (non-hydrogen) atoms. The lowest BCUT2D eigenvalue weighted by Gasteiger charge is -2.31. The van der Waals surface area contributed by atoms with Crippen molar-refractivity contribution in [2.24, 2.45) is 5.73 Å². The Balaban J connectivity index is 2.15. The van der Waals surface area contributed by atoms with Crippen molar-refractivity contribution < 1.29 is 0 Å². The number of piperidine rings is 1. The third kappa shape index (κ3) is 2.94. The van der Waals surface area contributed by atoms with Crippen LogP contribution in [-0.4, -0.2) is 29.1 Å². The fraction of sp³-hybridized carbons (Fsp3) is 0.692. The summed E-state index contributed by atoms with van der Waals surface area (Å²) >= 11 is 0. The first-order chi connectivity index (χ1) is 8.20. The Morgan fingerprint density at radius 1 is 1.59 bits per heavy atom. The minimum Gasteiger partial charge on any atom is -0.339 e. The molecule has 2 heterocycles. The summed E-state index contributed by atoms with van der Waals surface area (Å²) in [4.78, 5) is 11.2. The Morgan fingerprint density at radius 2 is 2.41 bits per heavy atom. The number of nitrogens with two attached hydrogens (primary N) is 1. The molecule has 1 aliphatic rings. The molecule has 0 radical (unpaired) electrons. The third-order valence-electron chi connectivity index (χ3n) is 3.52. The van der Waals surface area contributed by atoms with E-state index in [1.165, 1.54) is 0 Å². The summed E-state index contributed by atoms with van der Waals surface area (Å²) < 4.78 is 0. The number of nitrogens with zero attached hydrogens (tertiary/aromatic N) is 3. The minimum atomic E-state index is 0.264. The average molecular weight is 234 g/mol. The number of hydrogen-bond acceptors (Lipinski definition) is 4. The average Bonchev–Trinajstić information content (AvgIpc) is 2.38. The zero-order valence-electron chi connectivity index (χ0n) is 10.8. The van der Waals surface area contributed by atoms with E-state index in [0.717, 1.165) is 44.0 Å². The van der Waals surface area contributed by atoms with Gasteiger partial charge in [0.15, 0.2) is 0 Å². The van der Waals surface area contributed by atoms with Crippen LogP contribution in [0, 0.1) is 0 Å². The Kier molecular flexibility index (Phi) is 3.94. The number of aromatic nitrogens is 2. The zero-order chi connectivity index (χ0) is 12.3. The van der Waals surface area contributed by atoms with Crippen LogP contribution in [0.15, 0.2) is 12.3 Å². The van der Waals surface area contributed by atoms with Crippen LogP contribution >= 0.6 is 0 Å². The van der Waals surface area contributed by atoms with Crippen molar-refractivity contribution in [3.8, 4) is 0 Å². The molecule has 2 unspecified atom stereocenters. The topological polar surface area (TPSA) is 55.0 Å². The first kappa shape index (κ1) is 12.3. The maximum absolute atomic E-state index is 5.99. The molecule has 0 aromatic carbocycles. The number of anilines is 1. The summed E-state index contributed by atoms with van der Waals surface area (Å²) in [6, 6.07) is 2.28. The second-order valence-corrected chi connectivity index (χ2v) is 4.94. The molecule has 0 spiro atoms. The van der Waals surface area contributed by atoms with Crippen LogP contribution in [0.5, 0.6) is 0 Å². The fourth-order valence-corrected chi connectivity index (χ4v) is 2.19. The van der Waals surface area contributed by atoms with Gasteiger partial charge in [-0.1, -0.05) is 13.8 Å². The minimum absolute atomic E-state index is 0.264. The molecule has 2 atom stereocenters. The summed E-state index contributed by atoms with van der Waals surface area (Å²) in [5.74, 6) is 1.34. The van der Waals surface area contributed by atoms with Gasteiger partial charge in [-0.2, -0.15) is 0 Å². The van der Waals surface area contributed by atoms with E-state index in [2.05, 4.69) is 28.7 Å². The monoisotopic (exact) mass is 234 g/mol. The third-order valence-corrected chi connectivity index (χ3v) is 3.52. The van der Waals surface area contributed by atoms with Crippen molar-refractivity contribution in [1.29, 1.82) is 0 Å². The second-order valence-electron chi connectivity index (χ2n) is 4.94. The normalized spacial score (nSPS) is 22.5. The fourth-order valence-electron chi connectivity index (χ4n) is 2.19. The quantitative estimate of drug-likeness (QED) is 0.868. The first-order valence-electron chi connectivity index (χ1n) is 6.54. The van der Waals surface area contributed by atoms with E-state index in [4.69, 9.17) is 5.73 Å². The van der Waals surface area contributed by atoms with Gasteiger partial charge in [0.05, 0.1) is 0 Å². The molecule has 0 amide bonds. The summed E-state index contributed by atoms with van der Waals surface area (Å²) in [5, 5.41) is 0. The van der Waals surface area contributed by atoms with Gasteiger partial charge in [0.25, 0.3) is 0 Å². The van der Waals surface area contributed by atoms with Gasteiger partial charge >= 0.3 is 0 Å². The lowest BCUT2D eigenvalue weighted by atomic mass is 10.1. The SMILES string of the molecule is CCC(C)c1ccnc(N2CCCC(N)C2)n1. The van der Waals surface area contributed by atoms with Gasteiger partial charge in [0.2, 0.25) is 5.95 Å². The molecule has 0 saturated carbocycles. The molecule has 94 valence electrons. The highest BCUT2D eigenvalue weighted by atomic mass is 15.3. The van der Waals surface area contributed by atoms with Gasteiger partial charge in [-0.3, -0.25) is 0 Å². The van der Waals surface area contributed by atoms with Crippen LogP contribution in [0.4, 0.5) is 5.95 Å². The molecule has 4 heteroatoms. The Hall–Kier alpha value is -1.16. The molecule has 0 bridgehead atoms. The summed E-state index contributed by atoms with van der Waals surface area (Å²) in [7, 11) is 0. The van der Waals surface area contributed by atoms with Crippen LogP contribution in [0.3, 0.4) is 0 Å². The number of hydrogen-bond donors (Lipinski definition) is 1. The molecule has 1 aromatic heterocycles. The molecule has 1 aliphatic heterocycles. The lowest BCUT2D eigenvalue weighted by Crippen LogP contribution is -2.43. The van der Waals surface area contributed by atoms with Crippen molar-refractivity contribution in [2.75, 3.05) is 18.0 Å². The van der Waals surface area contributed by atoms with Gasteiger partial charge in [0, 0.05) is 31.0 Å². The molecule has 2 rings (SSSR count). The predicted molar refractivity (Wildman–Crippen MR) is 70.2 cm³/mol. The first-order valence-corrected chi connectivity index (χ1v) is 6.54. The molecule has 1 fully saturated rings. The van der Waals surface area contributed by atoms with Crippen LogP contribution in [-0.2, 0) is 0 Å². The van der Waals surface area contributed by atoms with E-state index >= 15 is 0 Å². The summed E-state index contributed by atoms with van der Waals surface area (Å²) in [6.45, 7) is 6.29. The summed E-state index contributed by atoms with van der Waals surface area (Å²) in [5.41, 5.74) is 7.13. The number of rotatable bonds is 3. The van der Waals surface area contributed by atoms with E-state index in [-0.39, 0.29) is 6.04 Å². The highest BCUT2D eigenvalue weighted by molar-refractivity contribution is 5.32. The van der Waals surface area contributed by atoms with Crippen LogP contribution in [0.1, 0.15) is 44.7 Å². The van der Waals surface area contributed by atoms with E-state index in [1.807, 2.05) is 12.3 Å². The largest absolute Gasteiger partial charge is 0.339 e. The van der Waals surface area contributed by atoms with Gasteiger partial charge in [-0.15, -0.1) is 0 Å². The molecular formula is C13H22N4.